The molecule has 0 spiro atoms. The number of aromatic nitrogens is 4. The Morgan fingerprint density at radius 2 is 1.61 bits per heavy atom. The van der Waals surface area contributed by atoms with Gasteiger partial charge in [-0.05, 0) is 150 Å². The number of nitrogens with zero attached hydrogens (tertiary/aromatic N) is 7. The molecule has 0 radical (unpaired) electrons. The van der Waals surface area contributed by atoms with Gasteiger partial charge in [-0.3, -0.25) is 34.6 Å². The predicted molar refractivity (Wildman–Crippen MR) is 299 cm³/mol. The van der Waals surface area contributed by atoms with E-state index in [2.05, 4.69) is 37.6 Å². The van der Waals surface area contributed by atoms with Gasteiger partial charge in [-0.1, -0.05) is 47.7 Å². The smallest absolute Gasteiger partial charge is 0.420 e. The zero-order valence-electron chi connectivity index (χ0n) is 44.8. The molecule has 7 aromatic rings. The third-order valence-corrected chi connectivity index (χ3v) is 16.7. The Morgan fingerprint density at radius 1 is 0.823 bits per heavy atom. The Kier molecular flexibility index (Phi) is 15.0. The number of esters is 1. The fourth-order valence-corrected chi connectivity index (χ4v) is 12.6. The van der Waals surface area contributed by atoms with Crippen LogP contribution in [-0.2, 0) is 40.5 Å². The molecule has 2 saturated heterocycles. The van der Waals surface area contributed by atoms with Gasteiger partial charge in [-0.15, -0.1) is 0 Å². The molecule has 15 nitrogen and oxygen atoms in total. The van der Waals surface area contributed by atoms with Crippen LogP contribution in [0.4, 0.5) is 29.8 Å². The number of benzene rings is 4. The summed E-state index contributed by atoms with van der Waals surface area (Å²) < 4.78 is 61.3. The molecule has 2 N–H and O–H groups in total. The van der Waals surface area contributed by atoms with E-state index in [0.717, 1.165) is 96.3 Å². The van der Waals surface area contributed by atoms with Gasteiger partial charge in [0.1, 0.15) is 22.7 Å². The number of hydrogen-bond donors (Lipinski definition) is 2. The third-order valence-electron chi connectivity index (χ3n) is 15.8. The molecule has 0 bridgehead atoms. The summed E-state index contributed by atoms with van der Waals surface area (Å²) in [7, 11) is 1.88. The molecule has 1 saturated carbocycles. The number of amides is 3. The summed E-state index contributed by atoms with van der Waals surface area (Å²) in [6.45, 7) is 10.4. The monoisotopic (exact) mass is 1100 g/mol. The highest BCUT2D eigenvalue weighted by molar-refractivity contribution is 7.22. The van der Waals surface area contributed by atoms with Gasteiger partial charge in [0, 0.05) is 80.5 Å². The second-order valence-corrected chi connectivity index (χ2v) is 23.3. The van der Waals surface area contributed by atoms with Crippen molar-refractivity contribution in [3.63, 3.8) is 0 Å². The number of alkyl halides is 3. The Hall–Kier alpha value is -7.38. The second kappa shape index (κ2) is 22.0. The SMILES string of the molecule is Cn1nc(C2CCC(=O)NC2=O)c2ccc(N3CCN(CCCC4CCC(Oc5cccc(-c6ccc(N7CCc8cccc(C(=O)Nc9nc%10ccccc%10s9)c8C7)nc6C(=O)OC(C)(C)C)c5C(F)(F)F)CC4)CC3)cc21. The summed E-state index contributed by atoms with van der Waals surface area (Å²) in [5.41, 5.74) is 3.34. The first-order chi connectivity index (χ1) is 37.9. The fraction of sp³-hybridized carbons (Fsp3) is 0.417. The number of nitrogens with one attached hydrogen (secondary N) is 2. The number of pyridine rings is 1. The molecule has 4 aliphatic rings. The van der Waals surface area contributed by atoms with Crippen LogP contribution in [0, 0.1) is 5.92 Å². The molecule has 3 fully saturated rings. The topological polar surface area (TPSA) is 164 Å². The van der Waals surface area contributed by atoms with Crippen molar-refractivity contribution in [2.75, 3.05) is 54.4 Å². The van der Waals surface area contributed by atoms with Crippen molar-refractivity contribution in [2.45, 2.75) is 109 Å². The van der Waals surface area contributed by atoms with Crippen LogP contribution >= 0.6 is 11.3 Å². The van der Waals surface area contributed by atoms with Crippen molar-refractivity contribution < 1.29 is 41.8 Å². The number of anilines is 3. The van der Waals surface area contributed by atoms with E-state index in [9.17, 15) is 19.2 Å². The first kappa shape index (κ1) is 53.6. The first-order valence-electron chi connectivity index (χ1n) is 27.3. The molecular formula is C60H64F3N9O6S. The van der Waals surface area contributed by atoms with Crippen LogP contribution in [0.25, 0.3) is 32.2 Å². The van der Waals surface area contributed by atoms with Crippen molar-refractivity contribution in [3.05, 3.63) is 125 Å². The summed E-state index contributed by atoms with van der Waals surface area (Å²) >= 11 is 1.38. The molecule has 3 aromatic heterocycles. The Bertz CT molecular complexity index is 3430. The maximum atomic E-state index is 15.5. The Balaban J connectivity index is 0.722. The van der Waals surface area contributed by atoms with Crippen LogP contribution in [0.1, 0.15) is 121 Å². The number of aryl methyl sites for hydroxylation is 1. The molecular weight excluding hydrogens is 1030 g/mol. The molecule has 79 heavy (non-hydrogen) atoms. The van der Waals surface area contributed by atoms with E-state index in [1.807, 2.05) is 59.1 Å². The van der Waals surface area contributed by atoms with E-state index >= 15 is 13.2 Å². The van der Waals surface area contributed by atoms with Crippen molar-refractivity contribution in [2.24, 2.45) is 13.0 Å². The summed E-state index contributed by atoms with van der Waals surface area (Å²) in [6, 6.07) is 26.9. The van der Waals surface area contributed by atoms with Crippen molar-refractivity contribution in [3.8, 4) is 16.9 Å². The van der Waals surface area contributed by atoms with E-state index in [1.165, 1.54) is 35.6 Å². The van der Waals surface area contributed by atoms with Gasteiger partial charge in [-0.25, -0.2) is 14.8 Å². The molecule has 1 aliphatic carbocycles. The highest BCUT2D eigenvalue weighted by atomic mass is 32.1. The Morgan fingerprint density at radius 3 is 2.37 bits per heavy atom. The van der Waals surface area contributed by atoms with Gasteiger partial charge in [0.15, 0.2) is 10.8 Å². The summed E-state index contributed by atoms with van der Waals surface area (Å²) in [6.07, 6.45) is 1.10. The van der Waals surface area contributed by atoms with Gasteiger partial charge < -0.3 is 19.3 Å². The van der Waals surface area contributed by atoms with E-state index < -0.39 is 35.3 Å². The van der Waals surface area contributed by atoms with E-state index in [0.29, 0.717) is 66.8 Å². The van der Waals surface area contributed by atoms with Crippen LogP contribution in [0.5, 0.6) is 5.75 Å². The van der Waals surface area contributed by atoms with Crippen LogP contribution in [0.2, 0.25) is 0 Å². The number of hydrogen-bond acceptors (Lipinski definition) is 13. The summed E-state index contributed by atoms with van der Waals surface area (Å²) in [5, 5.41) is 11.5. The number of thiazole rings is 1. The number of rotatable bonds is 13. The van der Waals surface area contributed by atoms with Gasteiger partial charge in [0.05, 0.1) is 33.4 Å². The average Bonchev–Trinajstić information content (AvgIpc) is 4.14. The second-order valence-electron chi connectivity index (χ2n) is 22.2. The number of halogens is 3. The molecule has 11 rings (SSSR count). The molecule has 1 atom stereocenters. The summed E-state index contributed by atoms with van der Waals surface area (Å²) in [4.78, 5) is 68.4. The number of piperazine rings is 1. The number of carbonyl (C=O) groups is 4. The van der Waals surface area contributed by atoms with Crippen LogP contribution in [0.3, 0.4) is 0 Å². The minimum Gasteiger partial charge on any atom is -0.490 e. The largest absolute Gasteiger partial charge is 0.490 e. The average molecular weight is 1100 g/mol. The minimum absolute atomic E-state index is 0.0255. The van der Waals surface area contributed by atoms with Crippen molar-refractivity contribution in [1.82, 2.24) is 30.0 Å². The molecule has 4 aromatic carbocycles. The van der Waals surface area contributed by atoms with E-state index in [1.54, 1.807) is 32.9 Å². The number of ether oxygens (including phenoxy) is 2. The lowest BCUT2D eigenvalue weighted by Crippen LogP contribution is -2.46. The predicted octanol–water partition coefficient (Wildman–Crippen LogP) is 11.1. The lowest BCUT2D eigenvalue weighted by atomic mass is 9.84. The zero-order chi connectivity index (χ0) is 55.2. The van der Waals surface area contributed by atoms with Gasteiger partial charge in [0.25, 0.3) is 5.91 Å². The van der Waals surface area contributed by atoms with Gasteiger partial charge in [0.2, 0.25) is 11.8 Å². The summed E-state index contributed by atoms with van der Waals surface area (Å²) in [5.74, 6) is -1.63. The molecule has 6 heterocycles. The number of para-hydroxylation sites is 1. The van der Waals surface area contributed by atoms with Crippen LogP contribution in [0.15, 0.2) is 91.0 Å². The van der Waals surface area contributed by atoms with Gasteiger partial charge >= 0.3 is 12.1 Å². The molecule has 19 heteroatoms. The highest BCUT2D eigenvalue weighted by Gasteiger charge is 2.40. The van der Waals surface area contributed by atoms with E-state index in [-0.39, 0.29) is 46.8 Å². The van der Waals surface area contributed by atoms with Crippen LogP contribution in [-0.4, -0.2) is 99.3 Å². The van der Waals surface area contributed by atoms with Crippen LogP contribution < -0.4 is 25.2 Å². The van der Waals surface area contributed by atoms with Crippen molar-refractivity contribution >= 4 is 72.8 Å². The maximum Gasteiger partial charge on any atom is 0.420 e. The minimum atomic E-state index is -4.84. The number of imide groups is 1. The maximum absolute atomic E-state index is 15.5. The standard InChI is InChI=1S/C60H64F3N9O6S/c1-59(2,3)78-57(76)54-41(23-25-50(65-54)72-29-27-37-11-7-13-42(45(37)35-72)55(74)67-58-64-46-14-5-6-16-49(46)79-58)40-12-8-15-48(52(40)60(61,62)63)77-39-20-17-36(18-21-39)10-9-28-70-30-32-71(33-31-70)38-19-22-43-47(34-38)69(4)68-53(43)44-24-26-51(73)66-56(44)75/h5-8,11-16,19,22-23,25,34,36,39,44H,9-10,17-18,20-21,24,26-33,35H2,1-4H3,(H,64,67,74)(H,66,73,75). The van der Waals surface area contributed by atoms with E-state index in [4.69, 9.17) is 19.6 Å². The fourth-order valence-electron chi connectivity index (χ4n) is 11.8. The number of fused-ring (bicyclic) bond motifs is 3. The van der Waals surface area contributed by atoms with Gasteiger partial charge in [-0.2, -0.15) is 18.3 Å². The number of piperidine rings is 1. The molecule has 412 valence electrons. The third kappa shape index (κ3) is 11.7. The molecule has 3 amide bonds. The lowest BCUT2D eigenvalue weighted by molar-refractivity contribution is -0.139. The highest BCUT2D eigenvalue weighted by Crippen LogP contribution is 2.46. The normalized spacial score (nSPS) is 19.4. The zero-order valence-corrected chi connectivity index (χ0v) is 45.6. The first-order valence-corrected chi connectivity index (χ1v) is 28.2. The Labute approximate surface area is 460 Å². The van der Waals surface area contributed by atoms with Crippen molar-refractivity contribution in [1.29, 1.82) is 0 Å². The number of carbonyl (C=O) groups excluding carboxylic acids is 4. The lowest BCUT2D eigenvalue weighted by Gasteiger charge is -2.36. The molecule has 3 aliphatic heterocycles. The molecule has 1 unspecified atom stereocenters. The quantitative estimate of drug-likeness (QED) is 0.0831.